The predicted octanol–water partition coefficient (Wildman–Crippen LogP) is 2.85. The van der Waals surface area contributed by atoms with Crippen LogP contribution in [-0.2, 0) is 4.79 Å². The molecule has 0 aliphatic carbocycles. The van der Waals surface area contributed by atoms with Crippen LogP contribution in [0.2, 0.25) is 10.0 Å². The molecular weight excluding hydrogens is 230 g/mol. The highest BCUT2D eigenvalue weighted by molar-refractivity contribution is 6.35. The van der Waals surface area contributed by atoms with E-state index in [1.165, 1.54) is 19.1 Å². The molecule has 0 heterocycles. The number of ether oxygens (including phenoxy) is 1. The van der Waals surface area contributed by atoms with Crippen LogP contribution in [0.25, 0.3) is 0 Å². The van der Waals surface area contributed by atoms with Crippen molar-refractivity contribution in [2.75, 3.05) is 0 Å². The second kappa shape index (κ2) is 4.53. The van der Waals surface area contributed by atoms with Crippen LogP contribution in [-0.4, -0.2) is 17.2 Å². The molecule has 0 radical (unpaired) electrons. The highest BCUT2D eigenvalue weighted by Crippen LogP contribution is 2.28. The number of hydrogen-bond acceptors (Lipinski definition) is 2. The van der Waals surface area contributed by atoms with Gasteiger partial charge in [0.05, 0.1) is 5.02 Å². The van der Waals surface area contributed by atoms with Gasteiger partial charge in [-0.1, -0.05) is 23.2 Å². The van der Waals surface area contributed by atoms with E-state index in [1.54, 1.807) is 6.07 Å². The second-order valence-electron chi connectivity index (χ2n) is 2.67. The average molecular weight is 238 g/mol. The molecule has 1 rings (SSSR count). The van der Waals surface area contributed by atoms with Gasteiger partial charge in [0.2, 0.25) is 0 Å². The molecule has 76 valence electrons. The molecule has 1 unspecified atom stereocenters. The Morgan fingerprint density at radius 3 is 2.64 bits per heavy atom. The van der Waals surface area contributed by atoms with Crippen molar-refractivity contribution in [3.05, 3.63) is 28.2 Å². The van der Waals surface area contributed by atoms with Gasteiger partial charge in [0.1, 0.15) is 5.75 Å². The first-order chi connectivity index (χ1) is 6.50. The van der Waals surface area contributed by atoms with E-state index in [9.17, 15) is 4.79 Å². The first kappa shape index (κ1) is 11.1. The summed E-state index contributed by atoms with van der Waals surface area (Å²) in [4.78, 5) is 10.5. The van der Waals surface area contributed by atoms with Crippen molar-refractivity contribution in [3.8, 4) is 5.75 Å². The maximum Gasteiger partial charge on any atom is 0.344 e. The Labute approximate surface area is 91.2 Å². The summed E-state index contributed by atoms with van der Waals surface area (Å²) >= 11 is 11.4. The fraction of sp³-hybridized carbons (Fsp3) is 0.222. The Morgan fingerprint density at radius 2 is 2.14 bits per heavy atom. The molecule has 14 heavy (non-hydrogen) atoms. The van der Waals surface area contributed by atoms with Crippen LogP contribution >= 0.6 is 23.2 Å². The number of aliphatic carboxylic acids is 1. The maximum atomic E-state index is 10.5. The minimum Gasteiger partial charge on any atom is -0.479 e. The minimum absolute atomic E-state index is 0.297. The maximum absolute atomic E-state index is 10.5. The van der Waals surface area contributed by atoms with Gasteiger partial charge in [0, 0.05) is 5.02 Å². The first-order valence-electron chi connectivity index (χ1n) is 3.85. The van der Waals surface area contributed by atoms with Gasteiger partial charge in [-0.25, -0.2) is 4.79 Å². The average Bonchev–Trinajstić information content (AvgIpc) is 2.09. The van der Waals surface area contributed by atoms with Gasteiger partial charge < -0.3 is 9.84 Å². The Hall–Kier alpha value is -0.930. The first-order valence-corrected chi connectivity index (χ1v) is 4.61. The highest BCUT2D eigenvalue weighted by Gasteiger charge is 2.14. The number of rotatable bonds is 3. The third-order valence-electron chi connectivity index (χ3n) is 1.55. The standard InChI is InChI=1S/C9H8Cl2O3/c1-5(9(12)13)14-8-3-2-6(10)4-7(8)11/h2-5H,1H3,(H,12,13)/i1+1,5+1,9+1. The molecule has 0 saturated carbocycles. The SMILES string of the molecule is [13CH3][13CH](Oc1ccc(Cl)cc1Cl)[13C](=O)O. The molecule has 0 aliphatic heterocycles. The zero-order valence-electron chi connectivity index (χ0n) is 7.33. The van der Waals surface area contributed by atoms with E-state index in [4.69, 9.17) is 33.0 Å². The lowest BCUT2D eigenvalue weighted by atomic mass is 10.3. The van der Waals surface area contributed by atoms with Gasteiger partial charge in [-0.2, -0.15) is 0 Å². The van der Waals surface area contributed by atoms with Gasteiger partial charge in [-0.15, -0.1) is 0 Å². The van der Waals surface area contributed by atoms with E-state index >= 15 is 0 Å². The van der Waals surface area contributed by atoms with Crippen LogP contribution < -0.4 is 4.74 Å². The van der Waals surface area contributed by atoms with E-state index in [-0.39, 0.29) is 0 Å². The third-order valence-corrected chi connectivity index (χ3v) is 2.08. The van der Waals surface area contributed by atoms with Crippen LogP contribution in [0.15, 0.2) is 18.2 Å². The molecule has 5 heteroatoms. The molecule has 1 N–H and O–H groups in total. The molecule has 0 bridgehead atoms. The van der Waals surface area contributed by atoms with Gasteiger partial charge in [0.15, 0.2) is 6.10 Å². The van der Waals surface area contributed by atoms with Crippen LogP contribution in [0.1, 0.15) is 6.92 Å². The lowest BCUT2D eigenvalue weighted by Crippen LogP contribution is -2.22. The molecule has 3 nitrogen and oxygen atoms in total. The van der Waals surface area contributed by atoms with E-state index in [0.29, 0.717) is 15.8 Å². The van der Waals surface area contributed by atoms with Crippen molar-refractivity contribution < 1.29 is 14.6 Å². The van der Waals surface area contributed by atoms with Crippen molar-refractivity contribution in [2.24, 2.45) is 0 Å². The van der Waals surface area contributed by atoms with Crippen LogP contribution in [0.5, 0.6) is 5.75 Å². The van der Waals surface area contributed by atoms with Crippen molar-refractivity contribution in [1.29, 1.82) is 0 Å². The number of carbonyl (C=O) groups is 1. The molecule has 0 saturated heterocycles. The Kier molecular flexibility index (Phi) is 3.61. The normalized spacial score (nSPS) is 12.2. The van der Waals surface area contributed by atoms with Crippen molar-refractivity contribution >= 4 is 29.2 Å². The number of halogens is 2. The summed E-state index contributed by atoms with van der Waals surface area (Å²) in [6.07, 6.45) is -0.936. The smallest absolute Gasteiger partial charge is 0.344 e. The zero-order valence-corrected chi connectivity index (χ0v) is 8.84. The summed E-state index contributed by atoms with van der Waals surface area (Å²) in [6.45, 7) is 1.42. The van der Waals surface area contributed by atoms with Crippen LogP contribution in [0.3, 0.4) is 0 Å². The predicted molar refractivity (Wildman–Crippen MR) is 54.2 cm³/mol. The minimum atomic E-state index is -1.05. The number of benzene rings is 1. The molecular formula is C9H8Cl2O3. The molecule has 1 aromatic rings. The molecule has 1 atom stereocenters. The molecule has 0 aromatic heterocycles. The van der Waals surface area contributed by atoms with Crippen molar-refractivity contribution in [1.82, 2.24) is 0 Å². The van der Waals surface area contributed by atoms with E-state index in [1.807, 2.05) is 0 Å². The largest absolute Gasteiger partial charge is 0.479 e. The summed E-state index contributed by atoms with van der Waals surface area (Å²) in [5, 5.41) is 9.37. The summed E-state index contributed by atoms with van der Waals surface area (Å²) in [7, 11) is 0. The van der Waals surface area contributed by atoms with Crippen molar-refractivity contribution in [3.63, 3.8) is 0 Å². The molecule has 1 aromatic carbocycles. The van der Waals surface area contributed by atoms with Crippen LogP contribution in [0.4, 0.5) is 0 Å². The number of carboxylic acid groups (broad SMARTS) is 1. The number of carboxylic acids is 1. The molecule has 0 amide bonds. The monoisotopic (exact) mass is 237 g/mol. The van der Waals surface area contributed by atoms with E-state index in [0.717, 1.165) is 0 Å². The van der Waals surface area contributed by atoms with Crippen LogP contribution in [0, 0.1) is 0 Å². The van der Waals surface area contributed by atoms with Gasteiger partial charge in [-0.3, -0.25) is 0 Å². The Bertz CT molecular complexity index is 352. The van der Waals surface area contributed by atoms with Gasteiger partial charge >= 0.3 is 5.97 Å². The topological polar surface area (TPSA) is 46.5 Å². The van der Waals surface area contributed by atoms with Crippen molar-refractivity contribution in [2.45, 2.75) is 13.0 Å². The fourth-order valence-electron chi connectivity index (χ4n) is 0.812. The lowest BCUT2D eigenvalue weighted by molar-refractivity contribution is -0.144. The summed E-state index contributed by atoms with van der Waals surface area (Å²) < 4.78 is 5.07. The van der Waals surface area contributed by atoms with Gasteiger partial charge in [-0.05, 0) is 25.1 Å². The number of hydrogen-bond donors (Lipinski definition) is 1. The Morgan fingerprint density at radius 1 is 1.50 bits per heavy atom. The summed E-state index contributed by atoms with van der Waals surface area (Å²) in [5.41, 5.74) is 0. The quantitative estimate of drug-likeness (QED) is 0.823. The fourth-order valence-corrected chi connectivity index (χ4v) is 1.26. The third kappa shape index (κ3) is 2.79. The zero-order chi connectivity index (χ0) is 10.7. The van der Waals surface area contributed by atoms with Gasteiger partial charge in [0.25, 0.3) is 0 Å². The lowest BCUT2D eigenvalue weighted by Gasteiger charge is -2.11. The van der Waals surface area contributed by atoms with E-state index < -0.39 is 12.1 Å². The highest BCUT2D eigenvalue weighted by atomic mass is 35.5. The summed E-state index contributed by atoms with van der Waals surface area (Å²) in [5.74, 6) is -0.734. The molecule has 0 aliphatic rings. The molecule has 0 spiro atoms. The second-order valence-corrected chi connectivity index (χ2v) is 3.52. The molecule has 0 fully saturated rings. The Balaban J connectivity index is 2.82. The van der Waals surface area contributed by atoms with E-state index in [2.05, 4.69) is 0 Å². The summed E-state index contributed by atoms with van der Waals surface area (Å²) in [6, 6.07) is 4.61.